The van der Waals surface area contributed by atoms with Crippen molar-refractivity contribution < 1.29 is 9.53 Å². The van der Waals surface area contributed by atoms with Crippen LogP contribution in [0.15, 0.2) is 36.9 Å². The van der Waals surface area contributed by atoms with Crippen molar-refractivity contribution in [2.24, 2.45) is 0 Å². The summed E-state index contributed by atoms with van der Waals surface area (Å²) in [4.78, 5) is 13.0. The average Bonchev–Trinajstić information content (AvgIpc) is 2.61. The summed E-state index contributed by atoms with van der Waals surface area (Å²) in [7, 11) is 0. The number of halogens is 1. The van der Waals surface area contributed by atoms with E-state index in [0.717, 1.165) is 5.69 Å². The van der Waals surface area contributed by atoms with Crippen LogP contribution in [0.3, 0.4) is 0 Å². The molecule has 1 unspecified atom stereocenters. The number of amides is 1. The Morgan fingerprint density at radius 3 is 2.73 bits per heavy atom. The Kier molecular flexibility index (Phi) is 2.64. The SMILES string of the molecule is C=CC1COC(=O)N1c1ccc(Cl)cc1. The molecule has 4 heteroatoms. The van der Waals surface area contributed by atoms with Gasteiger partial charge in [-0.25, -0.2) is 4.79 Å². The molecule has 15 heavy (non-hydrogen) atoms. The number of hydrogen-bond acceptors (Lipinski definition) is 2. The molecule has 0 N–H and O–H groups in total. The van der Waals surface area contributed by atoms with Crippen LogP contribution < -0.4 is 4.90 Å². The molecule has 1 fully saturated rings. The molecule has 0 aliphatic carbocycles. The van der Waals surface area contributed by atoms with Crippen molar-refractivity contribution >= 4 is 23.4 Å². The number of benzene rings is 1. The van der Waals surface area contributed by atoms with Crippen LogP contribution in [-0.4, -0.2) is 18.7 Å². The molecule has 1 aliphatic rings. The van der Waals surface area contributed by atoms with E-state index in [0.29, 0.717) is 11.6 Å². The molecule has 0 saturated carbocycles. The lowest BCUT2D eigenvalue weighted by molar-refractivity contribution is 0.180. The van der Waals surface area contributed by atoms with Crippen LogP contribution in [0.1, 0.15) is 0 Å². The van der Waals surface area contributed by atoms with Gasteiger partial charge in [0.1, 0.15) is 6.61 Å². The Labute approximate surface area is 92.9 Å². The molecule has 0 aromatic heterocycles. The highest BCUT2D eigenvalue weighted by Gasteiger charge is 2.31. The van der Waals surface area contributed by atoms with Gasteiger partial charge in [0.25, 0.3) is 0 Å². The van der Waals surface area contributed by atoms with Crippen LogP contribution in [0.5, 0.6) is 0 Å². The maximum absolute atomic E-state index is 11.5. The van der Waals surface area contributed by atoms with Crippen molar-refractivity contribution in [1.29, 1.82) is 0 Å². The van der Waals surface area contributed by atoms with E-state index < -0.39 is 0 Å². The highest BCUT2D eigenvalue weighted by atomic mass is 35.5. The van der Waals surface area contributed by atoms with Crippen LogP contribution in [0, 0.1) is 0 Å². The second-order valence-electron chi connectivity index (χ2n) is 3.23. The first kappa shape index (κ1) is 10.1. The van der Waals surface area contributed by atoms with Gasteiger partial charge in [0.2, 0.25) is 0 Å². The van der Waals surface area contributed by atoms with E-state index in [2.05, 4.69) is 6.58 Å². The van der Waals surface area contributed by atoms with Crippen molar-refractivity contribution in [2.45, 2.75) is 6.04 Å². The van der Waals surface area contributed by atoms with Crippen LogP contribution >= 0.6 is 11.6 Å². The van der Waals surface area contributed by atoms with Crippen LogP contribution in [0.25, 0.3) is 0 Å². The van der Waals surface area contributed by atoms with Crippen molar-refractivity contribution in [3.63, 3.8) is 0 Å². The van der Waals surface area contributed by atoms with Crippen molar-refractivity contribution in [3.8, 4) is 0 Å². The number of carbonyl (C=O) groups excluding carboxylic acids is 1. The summed E-state index contributed by atoms with van der Waals surface area (Å²) in [6.07, 6.45) is 1.35. The van der Waals surface area contributed by atoms with Gasteiger partial charge in [-0.15, -0.1) is 6.58 Å². The predicted molar refractivity (Wildman–Crippen MR) is 59.3 cm³/mol. The zero-order chi connectivity index (χ0) is 10.8. The third kappa shape index (κ3) is 1.83. The van der Waals surface area contributed by atoms with Crippen LogP contribution in [-0.2, 0) is 4.74 Å². The fourth-order valence-corrected chi connectivity index (χ4v) is 1.63. The van der Waals surface area contributed by atoms with Gasteiger partial charge in [-0.2, -0.15) is 0 Å². The Morgan fingerprint density at radius 1 is 1.47 bits per heavy atom. The van der Waals surface area contributed by atoms with E-state index in [-0.39, 0.29) is 12.1 Å². The molecule has 78 valence electrons. The quantitative estimate of drug-likeness (QED) is 0.722. The number of cyclic esters (lactones) is 1. The topological polar surface area (TPSA) is 29.5 Å². The number of ether oxygens (including phenoxy) is 1. The third-order valence-electron chi connectivity index (χ3n) is 2.28. The van der Waals surface area contributed by atoms with Gasteiger partial charge in [-0.05, 0) is 24.3 Å². The van der Waals surface area contributed by atoms with E-state index in [1.807, 2.05) is 0 Å². The largest absolute Gasteiger partial charge is 0.447 e. The Bertz CT molecular complexity index is 388. The molecular weight excluding hydrogens is 214 g/mol. The first-order valence-corrected chi connectivity index (χ1v) is 4.94. The number of hydrogen-bond donors (Lipinski definition) is 0. The number of rotatable bonds is 2. The third-order valence-corrected chi connectivity index (χ3v) is 2.53. The van der Waals surface area contributed by atoms with Crippen molar-refractivity contribution in [2.75, 3.05) is 11.5 Å². The molecule has 1 aliphatic heterocycles. The van der Waals surface area contributed by atoms with Gasteiger partial charge in [-0.1, -0.05) is 17.7 Å². The molecule has 1 aromatic rings. The number of carbonyl (C=O) groups is 1. The summed E-state index contributed by atoms with van der Waals surface area (Å²) >= 11 is 5.77. The molecular formula is C11H10ClNO2. The molecule has 1 atom stereocenters. The van der Waals surface area contributed by atoms with Crippen molar-refractivity contribution in [3.05, 3.63) is 41.9 Å². The predicted octanol–water partition coefficient (Wildman–Crippen LogP) is 2.85. The number of anilines is 1. The molecule has 0 radical (unpaired) electrons. The van der Waals surface area contributed by atoms with Gasteiger partial charge in [-0.3, -0.25) is 4.90 Å². The second-order valence-corrected chi connectivity index (χ2v) is 3.66. The Morgan fingerprint density at radius 2 is 2.13 bits per heavy atom. The van der Waals surface area contributed by atoms with E-state index in [4.69, 9.17) is 16.3 Å². The minimum atomic E-state index is -0.345. The molecule has 1 amide bonds. The normalized spacial score (nSPS) is 20.2. The summed E-state index contributed by atoms with van der Waals surface area (Å²) in [6, 6.07) is 6.95. The maximum atomic E-state index is 11.5. The van der Waals surface area contributed by atoms with Gasteiger partial charge >= 0.3 is 6.09 Å². The van der Waals surface area contributed by atoms with Gasteiger partial charge in [0.05, 0.1) is 6.04 Å². The van der Waals surface area contributed by atoms with Gasteiger partial charge in [0.15, 0.2) is 0 Å². The first-order chi connectivity index (χ1) is 7.22. The fourth-order valence-electron chi connectivity index (χ4n) is 1.51. The highest BCUT2D eigenvalue weighted by Crippen LogP contribution is 2.24. The van der Waals surface area contributed by atoms with Crippen molar-refractivity contribution in [1.82, 2.24) is 0 Å². The fraction of sp³-hybridized carbons (Fsp3) is 0.182. The monoisotopic (exact) mass is 223 g/mol. The minimum Gasteiger partial charge on any atom is -0.447 e. The lowest BCUT2D eigenvalue weighted by Crippen LogP contribution is -2.31. The summed E-state index contributed by atoms with van der Waals surface area (Å²) in [5.41, 5.74) is 0.770. The van der Waals surface area contributed by atoms with Gasteiger partial charge in [0, 0.05) is 10.7 Å². The summed E-state index contributed by atoms with van der Waals surface area (Å²) in [5, 5.41) is 0.640. The molecule has 1 heterocycles. The molecule has 2 rings (SSSR count). The van der Waals surface area contributed by atoms with Crippen LogP contribution in [0.4, 0.5) is 10.5 Å². The van der Waals surface area contributed by atoms with Crippen LogP contribution in [0.2, 0.25) is 5.02 Å². The lowest BCUT2D eigenvalue weighted by Gasteiger charge is -2.18. The zero-order valence-electron chi connectivity index (χ0n) is 8.02. The second kappa shape index (κ2) is 3.95. The lowest BCUT2D eigenvalue weighted by atomic mass is 10.2. The highest BCUT2D eigenvalue weighted by molar-refractivity contribution is 6.30. The Balaban J connectivity index is 2.32. The molecule has 0 bridgehead atoms. The smallest absolute Gasteiger partial charge is 0.415 e. The Hall–Kier alpha value is -1.48. The summed E-state index contributed by atoms with van der Waals surface area (Å²) in [6.45, 7) is 4.02. The minimum absolute atomic E-state index is 0.0984. The molecule has 0 spiro atoms. The average molecular weight is 224 g/mol. The van der Waals surface area contributed by atoms with E-state index in [1.54, 1.807) is 35.2 Å². The maximum Gasteiger partial charge on any atom is 0.415 e. The standard InChI is InChI=1S/C11H10ClNO2/c1-2-9-7-15-11(14)13(9)10-5-3-8(12)4-6-10/h2-6,9H,1,7H2. The van der Waals surface area contributed by atoms with Gasteiger partial charge < -0.3 is 4.74 Å². The van der Waals surface area contributed by atoms with E-state index in [1.165, 1.54) is 0 Å². The summed E-state index contributed by atoms with van der Waals surface area (Å²) in [5.74, 6) is 0. The van der Waals surface area contributed by atoms with E-state index >= 15 is 0 Å². The summed E-state index contributed by atoms with van der Waals surface area (Å²) < 4.78 is 4.94. The zero-order valence-corrected chi connectivity index (χ0v) is 8.78. The molecule has 1 aromatic carbocycles. The first-order valence-electron chi connectivity index (χ1n) is 4.56. The molecule has 3 nitrogen and oxygen atoms in total. The molecule has 1 saturated heterocycles. The number of nitrogens with zero attached hydrogens (tertiary/aromatic N) is 1. The van der Waals surface area contributed by atoms with E-state index in [9.17, 15) is 4.79 Å².